The van der Waals surface area contributed by atoms with Crippen molar-refractivity contribution in [2.45, 2.75) is 0 Å². The van der Waals surface area contributed by atoms with Crippen LogP contribution >= 0.6 is 50.5 Å². The molecule has 0 aliphatic rings. The number of nitrogens with one attached hydrogen (secondary N) is 1. The minimum absolute atomic E-state index is 0.410. The normalized spacial score (nSPS) is 7.75. The van der Waals surface area contributed by atoms with Crippen LogP contribution in [0.1, 0.15) is 0 Å². The number of nitrogens with zero attached hydrogens (tertiary/aromatic N) is 1. The summed E-state index contributed by atoms with van der Waals surface area (Å²) in [5.41, 5.74) is 0. The van der Waals surface area contributed by atoms with E-state index in [2.05, 4.69) is 47.2 Å². The Labute approximate surface area is 77.8 Å². The summed E-state index contributed by atoms with van der Waals surface area (Å²) < 4.78 is 0. The molecule has 1 aromatic heterocycles. The molecule has 0 atom stereocenters. The molecule has 0 bridgehead atoms. The van der Waals surface area contributed by atoms with Crippen LogP contribution in [0.25, 0.3) is 0 Å². The third kappa shape index (κ3) is 7.40. The van der Waals surface area contributed by atoms with Crippen molar-refractivity contribution in [3.63, 3.8) is 0 Å². The predicted molar refractivity (Wildman–Crippen MR) is 62.0 cm³/mol. The summed E-state index contributed by atoms with van der Waals surface area (Å²) in [5.74, 6) is 0. The summed E-state index contributed by atoms with van der Waals surface area (Å²) in [6.45, 7) is 0. The van der Waals surface area contributed by atoms with Gasteiger partial charge in [0.15, 0.2) is 0 Å². The summed E-state index contributed by atoms with van der Waals surface area (Å²) in [7, 11) is 0. The zero-order chi connectivity index (χ0) is 6.24. The average molecular weight is 450 g/mol. The Morgan fingerprint density at radius 3 is 2.25 bits per heavy atom. The first-order chi connectivity index (χ1) is 3.91. The van der Waals surface area contributed by atoms with Crippen molar-refractivity contribution in [2.75, 3.05) is 0 Å². The van der Waals surface area contributed by atoms with Gasteiger partial charge in [-0.05, 0) is 0 Å². The van der Waals surface area contributed by atoms with Crippen LogP contribution in [-0.4, -0.2) is 9.97 Å². The molecule has 0 aliphatic heterocycles. The summed E-state index contributed by atoms with van der Waals surface area (Å²) in [4.78, 5) is 6.42. The number of imidazole rings is 1. The van der Waals surface area contributed by atoms with E-state index in [0.29, 0.717) is 13.3 Å². The molecule has 0 amide bonds. The van der Waals surface area contributed by atoms with E-state index in [0.717, 1.165) is 0 Å². The number of aromatic nitrogens is 2. The van der Waals surface area contributed by atoms with Crippen molar-refractivity contribution >= 4 is 50.5 Å². The molecule has 1 N–H and O–H groups in total. The SMILES string of the molecule is I[IH]I.c1c[nH]cn1. The van der Waals surface area contributed by atoms with Crippen LogP contribution in [0.2, 0.25) is 0 Å². The van der Waals surface area contributed by atoms with Gasteiger partial charge < -0.3 is 4.98 Å². The standard InChI is InChI=1S/C3H4N2.HI3/c1-2-5-3-4-1;1-3-2/h1-3H,(H,4,5);3H. The first kappa shape index (κ1) is 9.40. The first-order valence-corrected chi connectivity index (χ1v) is 15.3. The Bertz CT molecular complexity index is 79.4. The van der Waals surface area contributed by atoms with Gasteiger partial charge in [-0.15, -0.1) is 0 Å². The first-order valence-electron chi connectivity index (χ1n) is 1.74. The smallest absolute Gasteiger partial charge is 0.0919 e. The van der Waals surface area contributed by atoms with E-state index in [1.807, 2.05) is 0 Å². The quantitative estimate of drug-likeness (QED) is 0.606. The molecule has 0 spiro atoms. The maximum absolute atomic E-state index is 3.67. The van der Waals surface area contributed by atoms with Gasteiger partial charge in [0, 0.05) is 12.4 Å². The molecular formula is C3H5I3N2. The summed E-state index contributed by atoms with van der Waals surface area (Å²) in [6.07, 6.45) is 5.08. The van der Waals surface area contributed by atoms with Crippen LogP contribution in [0.3, 0.4) is 0 Å². The molecule has 8 heavy (non-hydrogen) atoms. The molecule has 1 aromatic rings. The van der Waals surface area contributed by atoms with Gasteiger partial charge in [-0.25, -0.2) is 4.98 Å². The summed E-state index contributed by atoms with van der Waals surface area (Å²) in [6, 6.07) is 0. The van der Waals surface area contributed by atoms with Gasteiger partial charge in [-0.2, -0.15) is 0 Å². The fourth-order valence-corrected chi connectivity index (χ4v) is 0.215. The van der Waals surface area contributed by atoms with Gasteiger partial charge >= 0.3 is 50.5 Å². The van der Waals surface area contributed by atoms with Gasteiger partial charge in [-0.3, -0.25) is 0 Å². The molecule has 0 unspecified atom stereocenters. The number of H-pyrrole nitrogens is 1. The molecule has 48 valence electrons. The van der Waals surface area contributed by atoms with Gasteiger partial charge in [0.25, 0.3) is 0 Å². The van der Waals surface area contributed by atoms with Crippen molar-refractivity contribution in [1.82, 2.24) is 9.97 Å². The molecule has 0 saturated carbocycles. The zero-order valence-corrected chi connectivity index (χ0v) is 10.5. The number of hydrogen-bond donors (Lipinski definition) is 1. The molecule has 5 heteroatoms. The van der Waals surface area contributed by atoms with Crippen LogP contribution in [0.4, 0.5) is 0 Å². The van der Waals surface area contributed by atoms with E-state index in [-0.39, 0.29) is 0 Å². The molecule has 2 nitrogen and oxygen atoms in total. The Morgan fingerprint density at radius 2 is 2.12 bits per heavy atom. The summed E-state index contributed by atoms with van der Waals surface area (Å²) in [5, 5.41) is 0. The number of aromatic amines is 1. The van der Waals surface area contributed by atoms with Crippen LogP contribution < -0.4 is 0 Å². The third-order valence-electron chi connectivity index (χ3n) is 0.406. The predicted octanol–water partition coefficient (Wildman–Crippen LogP) is 2.80. The second-order valence-electron chi connectivity index (χ2n) is 0.819. The van der Waals surface area contributed by atoms with Crippen LogP contribution in [0, 0.1) is 0 Å². The molecule has 0 aromatic carbocycles. The van der Waals surface area contributed by atoms with Crippen LogP contribution in [0.5, 0.6) is 0 Å². The topological polar surface area (TPSA) is 28.7 Å². The maximum Gasteiger partial charge on any atom is 0.0919 e. The fourth-order valence-electron chi connectivity index (χ4n) is 0.215. The van der Waals surface area contributed by atoms with Gasteiger partial charge in [-0.1, -0.05) is 0 Å². The van der Waals surface area contributed by atoms with Crippen molar-refractivity contribution in [2.24, 2.45) is 0 Å². The molecule has 1 heterocycles. The summed E-state index contributed by atoms with van der Waals surface area (Å²) >= 11 is 5.22. The molecule has 1 rings (SSSR count). The second-order valence-corrected chi connectivity index (χ2v) is 18.4. The van der Waals surface area contributed by atoms with E-state index >= 15 is 0 Å². The largest absolute Gasteiger partial charge is 0.351 e. The number of hydrogen-bond acceptors (Lipinski definition) is 1. The number of rotatable bonds is 0. The van der Waals surface area contributed by atoms with Crippen molar-refractivity contribution in [3.05, 3.63) is 18.7 Å². The molecular weight excluding hydrogens is 445 g/mol. The van der Waals surface area contributed by atoms with E-state index in [1.165, 1.54) is 0 Å². The molecule has 0 radical (unpaired) electrons. The van der Waals surface area contributed by atoms with Crippen molar-refractivity contribution in [3.8, 4) is 0 Å². The van der Waals surface area contributed by atoms with Gasteiger partial charge in [0.2, 0.25) is 0 Å². The van der Waals surface area contributed by atoms with Crippen molar-refractivity contribution < 1.29 is 0 Å². The molecule has 0 aliphatic carbocycles. The number of halogens is 3. The Kier molecular flexibility index (Phi) is 9.87. The monoisotopic (exact) mass is 450 g/mol. The fraction of sp³-hybridized carbons (Fsp3) is 0. The van der Waals surface area contributed by atoms with E-state index in [4.69, 9.17) is 0 Å². The third-order valence-corrected chi connectivity index (χ3v) is 0.406. The van der Waals surface area contributed by atoms with E-state index in [9.17, 15) is 0 Å². The minimum Gasteiger partial charge on any atom is -0.351 e. The van der Waals surface area contributed by atoms with Crippen LogP contribution in [0.15, 0.2) is 18.7 Å². The maximum atomic E-state index is 3.67. The van der Waals surface area contributed by atoms with Gasteiger partial charge in [0.1, 0.15) is 0 Å². The Balaban J connectivity index is 0.000000145. The molecule has 0 fully saturated rings. The average Bonchev–Trinajstić information content (AvgIpc) is 2.17. The minimum atomic E-state index is 0.410. The van der Waals surface area contributed by atoms with Crippen molar-refractivity contribution in [1.29, 1.82) is 0 Å². The Morgan fingerprint density at radius 1 is 1.50 bits per heavy atom. The van der Waals surface area contributed by atoms with E-state index in [1.54, 1.807) is 18.7 Å². The zero-order valence-electron chi connectivity index (χ0n) is 3.84. The van der Waals surface area contributed by atoms with Gasteiger partial charge in [0.05, 0.1) is 6.33 Å². The Hall–Kier alpha value is 1.40. The second kappa shape index (κ2) is 8.40. The molecule has 0 saturated heterocycles. The van der Waals surface area contributed by atoms with Crippen LogP contribution in [-0.2, 0) is 0 Å². The van der Waals surface area contributed by atoms with E-state index < -0.39 is 0 Å².